The Morgan fingerprint density at radius 3 is 2.00 bits per heavy atom. The lowest BCUT2D eigenvalue weighted by Gasteiger charge is -2.18. The van der Waals surface area contributed by atoms with Gasteiger partial charge in [-0.3, -0.25) is 9.69 Å². The van der Waals surface area contributed by atoms with Gasteiger partial charge in [0.25, 0.3) is 5.91 Å². The minimum absolute atomic E-state index is 0.0522. The fraction of sp³-hybridized carbons (Fsp3) is 0.316. The van der Waals surface area contributed by atoms with Crippen molar-refractivity contribution >= 4 is 15.9 Å². The highest BCUT2D eigenvalue weighted by Gasteiger charge is 2.09. The molecule has 140 valence electrons. The average molecular weight is 375 g/mol. The molecule has 2 rings (SSSR count). The molecular formula is C19H25N3O3S. The van der Waals surface area contributed by atoms with E-state index in [4.69, 9.17) is 5.14 Å². The summed E-state index contributed by atoms with van der Waals surface area (Å²) < 4.78 is 22.5. The summed E-state index contributed by atoms with van der Waals surface area (Å²) in [6.07, 6.45) is 0. The molecule has 26 heavy (non-hydrogen) atoms. The number of amides is 1. The van der Waals surface area contributed by atoms with Crippen molar-refractivity contribution in [3.8, 4) is 0 Å². The second-order valence-electron chi connectivity index (χ2n) is 6.03. The number of sulfonamides is 1. The van der Waals surface area contributed by atoms with Crippen molar-refractivity contribution < 1.29 is 13.2 Å². The van der Waals surface area contributed by atoms with Gasteiger partial charge in [0.05, 0.1) is 4.90 Å². The van der Waals surface area contributed by atoms with E-state index in [0.29, 0.717) is 12.1 Å². The predicted molar refractivity (Wildman–Crippen MR) is 102 cm³/mol. The first-order chi connectivity index (χ1) is 12.3. The van der Waals surface area contributed by atoms with Crippen LogP contribution in [0.25, 0.3) is 0 Å². The zero-order valence-corrected chi connectivity index (χ0v) is 15.9. The average Bonchev–Trinajstić information content (AvgIpc) is 2.64. The van der Waals surface area contributed by atoms with Crippen LogP contribution in [0.5, 0.6) is 0 Å². The maximum Gasteiger partial charge on any atom is 0.251 e. The van der Waals surface area contributed by atoms with Crippen LogP contribution in [0.15, 0.2) is 53.4 Å². The van der Waals surface area contributed by atoms with Gasteiger partial charge in [0.1, 0.15) is 0 Å². The van der Waals surface area contributed by atoms with E-state index in [0.717, 1.165) is 25.2 Å². The van der Waals surface area contributed by atoms with Crippen LogP contribution in [0, 0.1) is 0 Å². The number of carbonyl (C=O) groups is 1. The second-order valence-corrected chi connectivity index (χ2v) is 7.59. The first kappa shape index (κ1) is 20.1. The van der Waals surface area contributed by atoms with Crippen molar-refractivity contribution in [2.24, 2.45) is 5.14 Å². The molecule has 3 N–H and O–H groups in total. The molecule has 0 unspecified atom stereocenters. The van der Waals surface area contributed by atoms with Crippen molar-refractivity contribution in [2.75, 3.05) is 13.1 Å². The minimum Gasteiger partial charge on any atom is -0.348 e. The molecule has 7 heteroatoms. The summed E-state index contributed by atoms with van der Waals surface area (Å²) in [4.78, 5) is 14.6. The van der Waals surface area contributed by atoms with Crippen molar-refractivity contribution in [1.29, 1.82) is 0 Å². The van der Waals surface area contributed by atoms with Gasteiger partial charge in [-0.25, -0.2) is 13.6 Å². The van der Waals surface area contributed by atoms with Crippen molar-refractivity contribution in [1.82, 2.24) is 10.2 Å². The van der Waals surface area contributed by atoms with Gasteiger partial charge in [-0.1, -0.05) is 38.1 Å². The van der Waals surface area contributed by atoms with E-state index in [2.05, 4.69) is 24.1 Å². The molecular weight excluding hydrogens is 350 g/mol. The van der Waals surface area contributed by atoms with E-state index in [-0.39, 0.29) is 10.8 Å². The Morgan fingerprint density at radius 1 is 0.962 bits per heavy atom. The van der Waals surface area contributed by atoms with Crippen molar-refractivity contribution in [2.45, 2.75) is 31.8 Å². The van der Waals surface area contributed by atoms with Crippen LogP contribution in [0.2, 0.25) is 0 Å². The van der Waals surface area contributed by atoms with Crippen LogP contribution >= 0.6 is 0 Å². The monoisotopic (exact) mass is 375 g/mol. The Morgan fingerprint density at radius 2 is 1.50 bits per heavy atom. The van der Waals surface area contributed by atoms with Crippen LogP contribution in [-0.2, 0) is 23.1 Å². The maximum atomic E-state index is 12.3. The highest BCUT2D eigenvalue weighted by atomic mass is 32.2. The molecule has 0 aromatic heterocycles. The van der Waals surface area contributed by atoms with Gasteiger partial charge in [-0.15, -0.1) is 0 Å². The van der Waals surface area contributed by atoms with Crippen LogP contribution < -0.4 is 10.5 Å². The third-order valence-corrected chi connectivity index (χ3v) is 5.15. The fourth-order valence-corrected chi connectivity index (χ4v) is 3.06. The zero-order valence-electron chi connectivity index (χ0n) is 15.1. The highest BCUT2D eigenvalue weighted by molar-refractivity contribution is 7.89. The summed E-state index contributed by atoms with van der Waals surface area (Å²) in [5, 5.41) is 7.89. The molecule has 0 bridgehead atoms. The van der Waals surface area contributed by atoms with Gasteiger partial charge in [0.2, 0.25) is 10.0 Å². The maximum absolute atomic E-state index is 12.3. The van der Waals surface area contributed by atoms with E-state index < -0.39 is 10.0 Å². The van der Waals surface area contributed by atoms with E-state index in [1.807, 2.05) is 24.3 Å². The number of hydrogen-bond acceptors (Lipinski definition) is 4. The third-order valence-electron chi connectivity index (χ3n) is 4.22. The molecule has 0 saturated heterocycles. The number of nitrogens with zero attached hydrogens (tertiary/aromatic N) is 1. The molecule has 0 atom stereocenters. The van der Waals surface area contributed by atoms with Gasteiger partial charge >= 0.3 is 0 Å². The van der Waals surface area contributed by atoms with E-state index >= 15 is 0 Å². The smallest absolute Gasteiger partial charge is 0.251 e. The summed E-state index contributed by atoms with van der Waals surface area (Å²) in [5.41, 5.74) is 2.56. The number of hydrogen-bond donors (Lipinski definition) is 2. The Balaban J connectivity index is 1.93. The van der Waals surface area contributed by atoms with Gasteiger partial charge in [-0.05, 0) is 48.5 Å². The summed E-state index contributed by atoms with van der Waals surface area (Å²) >= 11 is 0. The molecule has 0 spiro atoms. The molecule has 0 radical (unpaired) electrons. The zero-order chi connectivity index (χ0) is 19.2. The lowest BCUT2D eigenvalue weighted by Crippen LogP contribution is -2.23. The molecule has 1 amide bonds. The molecule has 6 nitrogen and oxygen atoms in total. The molecule has 0 aliphatic heterocycles. The predicted octanol–water partition coefficient (Wildman–Crippen LogP) is 2.11. The minimum atomic E-state index is -3.70. The Hall–Kier alpha value is -2.22. The summed E-state index contributed by atoms with van der Waals surface area (Å²) in [6.45, 7) is 7.41. The first-order valence-corrected chi connectivity index (χ1v) is 10.1. The van der Waals surface area contributed by atoms with Crippen molar-refractivity contribution in [3.05, 3.63) is 65.2 Å². The molecule has 2 aromatic rings. The van der Waals surface area contributed by atoms with E-state index in [1.165, 1.54) is 17.7 Å². The normalized spacial score (nSPS) is 11.5. The van der Waals surface area contributed by atoms with Gasteiger partial charge < -0.3 is 5.32 Å². The largest absolute Gasteiger partial charge is 0.348 e. The summed E-state index contributed by atoms with van der Waals surface area (Å²) in [7, 11) is -3.70. The quantitative estimate of drug-likeness (QED) is 0.739. The Labute approximate surface area is 155 Å². The lowest BCUT2D eigenvalue weighted by molar-refractivity contribution is 0.0951. The van der Waals surface area contributed by atoms with Gasteiger partial charge in [0.15, 0.2) is 0 Å². The van der Waals surface area contributed by atoms with Gasteiger partial charge in [-0.2, -0.15) is 0 Å². The number of primary sulfonamides is 1. The Kier molecular flexibility index (Phi) is 6.90. The van der Waals surface area contributed by atoms with Crippen LogP contribution in [0.4, 0.5) is 0 Å². The number of carbonyl (C=O) groups excluding carboxylic acids is 1. The Bertz CT molecular complexity index is 827. The molecule has 0 saturated carbocycles. The standard InChI is InChI=1S/C19H25N3O3S/c1-3-22(4-2)14-16-5-9-17(10-6-16)19(23)21-13-15-7-11-18(12-8-15)26(20,24)25/h5-12H,3-4,13-14H2,1-2H3,(H,21,23)(H2,20,24,25). The van der Waals surface area contributed by atoms with Crippen LogP contribution in [0.3, 0.4) is 0 Å². The highest BCUT2D eigenvalue weighted by Crippen LogP contribution is 2.10. The SMILES string of the molecule is CCN(CC)Cc1ccc(C(=O)NCc2ccc(S(N)(=O)=O)cc2)cc1. The first-order valence-electron chi connectivity index (χ1n) is 8.54. The molecule has 0 fully saturated rings. The molecule has 0 aliphatic rings. The number of benzene rings is 2. The second kappa shape index (κ2) is 8.93. The summed E-state index contributed by atoms with van der Waals surface area (Å²) in [5.74, 6) is -0.171. The van der Waals surface area contributed by atoms with Crippen molar-refractivity contribution in [3.63, 3.8) is 0 Å². The molecule has 0 aliphatic carbocycles. The van der Waals surface area contributed by atoms with E-state index in [9.17, 15) is 13.2 Å². The van der Waals surface area contributed by atoms with Gasteiger partial charge in [0, 0.05) is 18.7 Å². The van der Waals surface area contributed by atoms with Crippen LogP contribution in [0.1, 0.15) is 35.3 Å². The van der Waals surface area contributed by atoms with E-state index in [1.54, 1.807) is 12.1 Å². The molecule has 0 heterocycles. The molecule has 2 aromatic carbocycles. The number of nitrogens with two attached hydrogens (primary N) is 1. The van der Waals surface area contributed by atoms with Crippen LogP contribution in [-0.4, -0.2) is 32.3 Å². The fourth-order valence-electron chi connectivity index (χ4n) is 2.55. The number of rotatable bonds is 8. The third kappa shape index (κ3) is 5.66. The summed E-state index contributed by atoms with van der Waals surface area (Å²) in [6, 6.07) is 13.7. The topological polar surface area (TPSA) is 92.5 Å². The lowest BCUT2D eigenvalue weighted by atomic mass is 10.1. The number of nitrogens with one attached hydrogen (secondary N) is 1.